The van der Waals surface area contributed by atoms with E-state index in [2.05, 4.69) is 10.4 Å². The molecule has 0 fully saturated rings. The Balaban J connectivity index is 2.25. The lowest BCUT2D eigenvalue weighted by atomic mass is 10.2. The van der Waals surface area contributed by atoms with Crippen molar-refractivity contribution in [3.8, 4) is 12.1 Å². The first kappa shape index (κ1) is 12.6. The summed E-state index contributed by atoms with van der Waals surface area (Å²) in [4.78, 5) is 0. The fourth-order valence-electron chi connectivity index (χ4n) is 1.63. The number of rotatable bonds is 4. The number of aliphatic hydroxyl groups excluding tert-OH is 1. The summed E-state index contributed by atoms with van der Waals surface area (Å²) in [6, 6.07) is 9.04. The average molecular weight is 253 g/mol. The predicted octanol–water partition coefficient (Wildman–Crippen LogP) is 1.37. The molecule has 1 aromatic heterocycles. The zero-order valence-electron chi connectivity index (χ0n) is 10.0. The van der Waals surface area contributed by atoms with Crippen molar-refractivity contribution in [1.82, 2.24) is 9.78 Å². The van der Waals surface area contributed by atoms with E-state index in [1.54, 1.807) is 16.8 Å². The van der Waals surface area contributed by atoms with E-state index in [-0.39, 0.29) is 12.2 Å². The maximum atomic E-state index is 8.86. The van der Waals surface area contributed by atoms with Gasteiger partial charge in [0.05, 0.1) is 18.7 Å². The molecule has 6 nitrogen and oxygen atoms in total. The molecule has 2 aromatic rings. The van der Waals surface area contributed by atoms with Gasteiger partial charge in [-0.1, -0.05) is 0 Å². The number of fused-ring (bicyclic) bond motifs is 1. The molecule has 0 aliphatic rings. The Morgan fingerprint density at radius 1 is 1.42 bits per heavy atom. The van der Waals surface area contributed by atoms with Crippen LogP contribution < -0.4 is 5.32 Å². The minimum Gasteiger partial charge on any atom is -0.394 e. The SMILES string of the molecule is N#CC(C#N)=CNc1ccc2nn(CCO)cc2c1. The Kier molecular flexibility index (Phi) is 3.77. The second-order valence-corrected chi connectivity index (χ2v) is 3.82. The van der Waals surface area contributed by atoms with Gasteiger partial charge in [0.25, 0.3) is 0 Å². The Labute approximate surface area is 109 Å². The number of aliphatic hydroxyl groups is 1. The summed E-state index contributed by atoms with van der Waals surface area (Å²) in [6.45, 7) is 0.486. The van der Waals surface area contributed by atoms with Crippen LogP contribution in [0.5, 0.6) is 0 Å². The molecule has 0 radical (unpaired) electrons. The number of aromatic nitrogens is 2. The number of allylic oxidation sites excluding steroid dienone is 1. The predicted molar refractivity (Wildman–Crippen MR) is 69.8 cm³/mol. The van der Waals surface area contributed by atoms with Crippen LogP contribution in [-0.2, 0) is 6.54 Å². The van der Waals surface area contributed by atoms with Crippen molar-refractivity contribution in [2.45, 2.75) is 6.54 Å². The third-order valence-corrected chi connectivity index (χ3v) is 2.50. The Hall–Kier alpha value is -2.83. The normalized spacial score (nSPS) is 9.63. The highest BCUT2D eigenvalue weighted by atomic mass is 16.3. The molecule has 2 N–H and O–H groups in total. The molecule has 0 unspecified atom stereocenters. The number of benzene rings is 1. The van der Waals surface area contributed by atoms with E-state index in [0.29, 0.717) is 6.54 Å². The number of hydrogen-bond acceptors (Lipinski definition) is 5. The van der Waals surface area contributed by atoms with Gasteiger partial charge in [0.2, 0.25) is 0 Å². The molecule has 0 amide bonds. The Bertz CT molecular complexity index is 686. The summed E-state index contributed by atoms with van der Waals surface area (Å²) in [5, 5.41) is 34.2. The van der Waals surface area contributed by atoms with Gasteiger partial charge in [-0.2, -0.15) is 15.6 Å². The number of nitriles is 2. The van der Waals surface area contributed by atoms with Crippen molar-refractivity contribution in [3.63, 3.8) is 0 Å². The van der Waals surface area contributed by atoms with E-state index in [1.807, 2.05) is 24.4 Å². The van der Waals surface area contributed by atoms with Crippen LogP contribution in [-0.4, -0.2) is 21.5 Å². The highest BCUT2D eigenvalue weighted by Crippen LogP contribution is 2.18. The van der Waals surface area contributed by atoms with Crippen LogP contribution in [0.2, 0.25) is 0 Å². The molecule has 19 heavy (non-hydrogen) atoms. The molecule has 1 heterocycles. The third kappa shape index (κ3) is 2.89. The summed E-state index contributed by atoms with van der Waals surface area (Å²) in [7, 11) is 0. The fourth-order valence-corrected chi connectivity index (χ4v) is 1.63. The lowest BCUT2D eigenvalue weighted by Gasteiger charge is -1.99. The van der Waals surface area contributed by atoms with Gasteiger partial charge in [0.1, 0.15) is 17.7 Å². The van der Waals surface area contributed by atoms with Crippen LogP contribution in [0.25, 0.3) is 10.9 Å². The van der Waals surface area contributed by atoms with Crippen molar-refractivity contribution in [2.24, 2.45) is 0 Å². The maximum Gasteiger partial charge on any atom is 0.145 e. The first-order chi connectivity index (χ1) is 9.26. The van der Waals surface area contributed by atoms with Gasteiger partial charge in [-0.05, 0) is 18.2 Å². The molecule has 6 heteroatoms. The monoisotopic (exact) mass is 253 g/mol. The molecular formula is C13H11N5O. The fraction of sp³-hybridized carbons (Fsp3) is 0.154. The van der Waals surface area contributed by atoms with Crippen LogP contribution in [0.1, 0.15) is 0 Å². The molecule has 1 aromatic carbocycles. The quantitative estimate of drug-likeness (QED) is 0.802. The van der Waals surface area contributed by atoms with Crippen molar-refractivity contribution in [3.05, 3.63) is 36.2 Å². The first-order valence-corrected chi connectivity index (χ1v) is 5.62. The molecule has 0 aliphatic carbocycles. The molecular weight excluding hydrogens is 242 g/mol. The summed E-state index contributed by atoms with van der Waals surface area (Å²) in [6.07, 6.45) is 3.19. The lowest BCUT2D eigenvalue weighted by Crippen LogP contribution is -2.01. The molecule has 2 rings (SSSR count). The van der Waals surface area contributed by atoms with E-state index in [4.69, 9.17) is 15.6 Å². The van der Waals surface area contributed by atoms with Crippen LogP contribution in [0, 0.1) is 22.7 Å². The highest BCUT2D eigenvalue weighted by Gasteiger charge is 2.01. The largest absolute Gasteiger partial charge is 0.394 e. The average Bonchev–Trinajstić information content (AvgIpc) is 2.82. The maximum absolute atomic E-state index is 8.86. The van der Waals surface area contributed by atoms with E-state index in [0.717, 1.165) is 16.6 Å². The summed E-state index contributed by atoms with van der Waals surface area (Å²) < 4.78 is 1.67. The number of hydrogen-bond donors (Lipinski definition) is 2. The number of anilines is 1. The van der Waals surface area contributed by atoms with Crippen LogP contribution >= 0.6 is 0 Å². The second kappa shape index (κ2) is 5.67. The topological polar surface area (TPSA) is 97.7 Å². The summed E-state index contributed by atoms with van der Waals surface area (Å²) >= 11 is 0. The van der Waals surface area contributed by atoms with E-state index in [9.17, 15) is 0 Å². The number of nitrogens with zero attached hydrogens (tertiary/aromatic N) is 4. The molecule has 0 saturated heterocycles. The second-order valence-electron chi connectivity index (χ2n) is 3.82. The minimum absolute atomic E-state index is 0.0103. The highest BCUT2D eigenvalue weighted by molar-refractivity contribution is 5.82. The van der Waals surface area contributed by atoms with Crippen molar-refractivity contribution in [1.29, 1.82) is 10.5 Å². The molecule has 0 atom stereocenters. The van der Waals surface area contributed by atoms with Crippen molar-refractivity contribution in [2.75, 3.05) is 11.9 Å². The Morgan fingerprint density at radius 2 is 2.21 bits per heavy atom. The van der Waals surface area contributed by atoms with Crippen molar-refractivity contribution < 1.29 is 5.11 Å². The lowest BCUT2D eigenvalue weighted by molar-refractivity contribution is 0.270. The smallest absolute Gasteiger partial charge is 0.145 e. The zero-order valence-corrected chi connectivity index (χ0v) is 10.0. The third-order valence-electron chi connectivity index (χ3n) is 2.50. The van der Waals surface area contributed by atoms with Crippen LogP contribution in [0.3, 0.4) is 0 Å². The molecule has 0 spiro atoms. The van der Waals surface area contributed by atoms with E-state index >= 15 is 0 Å². The van der Waals surface area contributed by atoms with E-state index < -0.39 is 0 Å². The van der Waals surface area contributed by atoms with Crippen LogP contribution in [0.15, 0.2) is 36.2 Å². The Morgan fingerprint density at radius 3 is 2.89 bits per heavy atom. The zero-order chi connectivity index (χ0) is 13.7. The van der Waals surface area contributed by atoms with Gasteiger partial charge >= 0.3 is 0 Å². The van der Waals surface area contributed by atoms with Gasteiger partial charge in [-0.15, -0.1) is 0 Å². The molecule has 94 valence electrons. The summed E-state index contributed by atoms with van der Waals surface area (Å²) in [5.74, 6) is 0. The standard InChI is InChI=1S/C13H11N5O/c14-6-10(7-15)8-16-12-1-2-13-11(5-12)9-18(17-13)3-4-19/h1-2,5,8-9,16,19H,3-4H2. The molecule has 0 saturated carbocycles. The van der Waals surface area contributed by atoms with Crippen LogP contribution in [0.4, 0.5) is 5.69 Å². The van der Waals surface area contributed by atoms with Gasteiger partial charge in [-0.3, -0.25) is 4.68 Å². The van der Waals surface area contributed by atoms with Gasteiger partial charge in [0, 0.05) is 23.5 Å². The van der Waals surface area contributed by atoms with Gasteiger partial charge in [0.15, 0.2) is 0 Å². The first-order valence-electron chi connectivity index (χ1n) is 5.62. The van der Waals surface area contributed by atoms with Crippen molar-refractivity contribution >= 4 is 16.6 Å². The molecule has 0 bridgehead atoms. The van der Waals surface area contributed by atoms with E-state index in [1.165, 1.54) is 6.20 Å². The van der Waals surface area contributed by atoms with Gasteiger partial charge < -0.3 is 10.4 Å². The summed E-state index contributed by atoms with van der Waals surface area (Å²) in [5.41, 5.74) is 1.60. The number of nitrogens with one attached hydrogen (secondary N) is 1. The minimum atomic E-state index is 0.0103. The molecule has 0 aliphatic heterocycles. The van der Waals surface area contributed by atoms with Gasteiger partial charge in [-0.25, -0.2) is 0 Å².